The zero-order chi connectivity index (χ0) is 19.5. The molecule has 4 rings (SSSR count). The lowest BCUT2D eigenvalue weighted by Gasteiger charge is -2.07. The van der Waals surface area contributed by atoms with Crippen molar-refractivity contribution in [2.75, 3.05) is 5.32 Å². The Balaban J connectivity index is 1.39. The number of benzene rings is 1. The SMILES string of the molecule is Cc1ccn(-c2ccc(Oc3ccc(NC(=O)c4cc(Br)cs4)cc3)nn2)n1. The second-order valence-electron chi connectivity index (χ2n) is 5.84. The first-order chi connectivity index (χ1) is 13.6. The van der Waals surface area contributed by atoms with Gasteiger partial charge in [-0.2, -0.15) is 5.10 Å². The Bertz CT molecular complexity index is 1110. The number of thiophene rings is 1. The highest BCUT2D eigenvalue weighted by molar-refractivity contribution is 9.10. The lowest BCUT2D eigenvalue weighted by Crippen LogP contribution is -2.09. The summed E-state index contributed by atoms with van der Waals surface area (Å²) in [5.41, 5.74) is 1.58. The number of ether oxygens (including phenoxy) is 1. The normalized spacial score (nSPS) is 10.6. The second-order valence-corrected chi connectivity index (χ2v) is 7.67. The molecule has 7 nitrogen and oxygen atoms in total. The van der Waals surface area contributed by atoms with E-state index in [0.717, 1.165) is 10.2 Å². The van der Waals surface area contributed by atoms with E-state index in [1.807, 2.05) is 24.6 Å². The maximum Gasteiger partial charge on any atom is 0.265 e. The molecule has 0 unspecified atom stereocenters. The van der Waals surface area contributed by atoms with Gasteiger partial charge in [0.2, 0.25) is 5.88 Å². The van der Waals surface area contributed by atoms with E-state index >= 15 is 0 Å². The molecule has 0 aliphatic heterocycles. The Morgan fingerprint density at radius 3 is 2.57 bits per heavy atom. The minimum atomic E-state index is -0.153. The topological polar surface area (TPSA) is 81.9 Å². The van der Waals surface area contributed by atoms with Crippen molar-refractivity contribution >= 4 is 38.9 Å². The molecule has 0 radical (unpaired) electrons. The molecule has 9 heteroatoms. The van der Waals surface area contributed by atoms with E-state index in [9.17, 15) is 4.79 Å². The number of nitrogens with zero attached hydrogens (tertiary/aromatic N) is 4. The third kappa shape index (κ3) is 4.26. The van der Waals surface area contributed by atoms with Crippen molar-refractivity contribution < 1.29 is 9.53 Å². The third-order valence-electron chi connectivity index (χ3n) is 3.71. The smallest absolute Gasteiger partial charge is 0.265 e. The molecule has 0 saturated heterocycles. The fourth-order valence-corrected chi connectivity index (χ4v) is 3.71. The maximum atomic E-state index is 12.2. The highest BCUT2D eigenvalue weighted by Gasteiger charge is 2.09. The molecule has 140 valence electrons. The lowest BCUT2D eigenvalue weighted by atomic mass is 10.3. The van der Waals surface area contributed by atoms with E-state index < -0.39 is 0 Å². The van der Waals surface area contributed by atoms with E-state index in [1.54, 1.807) is 47.1 Å². The van der Waals surface area contributed by atoms with E-state index in [-0.39, 0.29) is 5.91 Å². The Morgan fingerprint density at radius 1 is 1.14 bits per heavy atom. The lowest BCUT2D eigenvalue weighted by molar-refractivity contribution is 0.103. The number of hydrogen-bond acceptors (Lipinski definition) is 6. The molecule has 4 aromatic rings. The number of rotatable bonds is 5. The fourth-order valence-electron chi connectivity index (χ4n) is 2.38. The number of amides is 1. The molecule has 1 amide bonds. The molecular formula is C19H14BrN5O2S. The van der Waals surface area contributed by atoms with E-state index in [0.29, 0.717) is 28.0 Å². The summed E-state index contributed by atoms with van der Waals surface area (Å²) in [6.07, 6.45) is 1.82. The molecule has 1 N–H and O–H groups in total. The largest absolute Gasteiger partial charge is 0.438 e. The number of aryl methyl sites for hydroxylation is 1. The number of halogens is 1. The molecule has 1 aromatic carbocycles. The minimum Gasteiger partial charge on any atom is -0.438 e. The summed E-state index contributed by atoms with van der Waals surface area (Å²) in [6.45, 7) is 1.91. The molecule has 0 spiro atoms. The van der Waals surface area contributed by atoms with Crippen LogP contribution in [0.5, 0.6) is 11.6 Å². The van der Waals surface area contributed by atoms with Crippen LogP contribution in [0.4, 0.5) is 5.69 Å². The number of nitrogens with one attached hydrogen (secondary N) is 1. The van der Waals surface area contributed by atoms with Crippen LogP contribution >= 0.6 is 27.3 Å². The van der Waals surface area contributed by atoms with Crippen molar-refractivity contribution in [3.63, 3.8) is 0 Å². The van der Waals surface area contributed by atoms with E-state index in [1.165, 1.54) is 11.3 Å². The Hall–Kier alpha value is -3.04. The van der Waals surface area contributed by atoms with Crippen LogP contribution in [0.15, 0.2) is 64.6 Å². The maximum absolute atomic E-state index is 12.2. The first-order valence-corrected chi connectivity index (χ1v) is 9.94. The van der Waals surface area contributed by atoms with Crippen LogP contribution in [-0.2, 0) is 0 Å². The van der Waals surface area contributed by atoms with E-state index in [4.69, 9.17) is 4.74 Å². The monoisotopic (exact) mass is 455 g/mol. The third-order valence-corrected chi connectivity index (χ3v) is 5.40. The fraction of sp³-hybridized carbons (Fsp3) is 0.0526. The summed E-state index contributed by atoms with van der Waals surface area (Å²) in [5.74, 6) is 1.42. The van der Waals surface area contributed by atoms with Gasteiger partial charge in [0.05, 0.1) is 10.6 Å². The highest BCUT2D eigenvalue weighted by Crippen LogP contribution is 2.24. The van der Waals surface area contributed by atoms with Crippen LogP contribution in [0, 0.1) is 6.92 Å². The van der Waals surface area contributed by atoms with Gasteiger partial charge in [-0.15, -0.1) is 21.5 Å². The molecule has 0 bridgehead atoms. The summed E-state index contributed by atoms with van der Waals surface area (Å²) < 4.78 is 8.24. The van der Waals surface area contributed by atoms with Crippen LogP contribution in [-0.4, -0.2) is 25.9 Å². The molecule has 0 saturated carbocycles. The van der Waals surface area contributed by atoms with Gasteiger partial charge in [-0.05, 0) is 65.3 Å². The summed E-state index contributed by atoms with van der Waals surface area (Å²) in [4.78, 5) is 12.8. The van der Waals surface area contributed by atoms with Gasteiger partial charge in [-0.1, -0.05) is 0 Å². The molecule has 0 fully saturated rings. The quantitative estimate of drug-likeness (QED) is 0.465. The van der Waals surface area contributed by atoms with Crippen LogP contribution < -0.4 is 10.1 Å². The van der Waals surface area contributed by atoms with Crippen molar-refractivity contribution in [1.82, 2.24) is 20.0 Å². The van der Waals surface area contributed by atoms with Gasteiger partial charge in [0.15, 0.2) is 5.82 Å². The van der Waals surface area contributed by atoms with Crippen LogP contribution in [0.1, 0.15) is 15.4 Å². The number of anilines is 1. The minimum absolute atomic E-state index is 0.153. The Labute approximate surface area is 173 Å². The molecular weight excluding hydrogens is 442 g/mol. The highest BCUT2D eigenvalue weighted by atomic mass is 79.9. The standard InChI is InChI=1S/C19H14BrN5O2S/c1-12-8-9-25(24-12)17-6-7-18(23-22-17)27-15-4-2-14(3-5-15)21-19(26)16-10-13(20)11-28-16/h2-11H,1H3,(H,21,26). The molecule has 0 aliphatic carbocycles. The molecule has 28 heavy (non-hydrogen) atoms. The van der Waals surface area contributed by atoms with Gasteiger partial charge >= 0.3 is 0 Å². The van der Waals surface area contributed by atoms with E-state index in [2.05, 4.69) is 36.5 Å². The zero-order valence-corrected chi connectivity index (χ0v) is 17.1. The summed E-state index contributed by atoms with van der Waals surface area (Å²) in [6, 6.07) is 14.2. The van der Waals surface area contributed by atoms with Gasteiger partial charge < -0.3 is 10.1 Å². The summed E-state index contributed by atoms with van der Waals surface area (Å²) in [7, 11) is 0. The average Bonchev–Trinajstić information content (AvgIpc) is 3.32. The predicted molar refractivity (Wildman–Crippen MR) is 110 cm³/mol. The number of carbonyl (C=O) groups is 1. The first kappa shape index (κ1) is 18.3. The summed E-state index contributed by atoms with van der Waals surface area (Å²) >= 11 is 4.72. The van der Waals surface area contributed by atoms with Gasteiger partial charge in [-0.3, -0.25) is 4.79 Å². The average molecular weight is 456 g/mol. The molecule has 3 aromatic heterocycles. The Morgan fingerprint density at radius 2 is 1.96 bits per heavy atom. The van der Waals surface area contributed by atoms with Gasteiger partial charge in [0.1, 0.15) is 5.75 Å². The number of carbonyl (C=O) groups excluding carboxylic acids is 1. The van der Waals surface area contributed by atoms with Crippen molar-refractivity contribution in [3.8, 4) is 17.4 Å². The summed E-state index contributed by atoms with van der Waals surface area (Å²) in [5, 5.41) is 17.2. The molecule has 0 atom stereocenters. The predicted octanol–water partition coefficient (Wildman–Crippen LogP) is 4.84. The van der Waals surface area contributed by atoms with Gasteiger partial charge in [0, 0.05) is 27.8 Å². The van der Waals surface area contributed by atoms with Crippen LogP contribution in [0.2, 0.25) is 0 Å². The van der Waals surface area contributed by atoms with Crippen LogP contribution in [0.25, 0.3) is 5.82 Å². The van der Waals surface area contributed by atoms with Crippen molar-refractivity contribution in [2.24, 2.45) is 0 Å². The van der Waals surface area contributed by atoms with Crippen molar-refractivity contribution in [3.05, 3.63) is 75.2 Å². The molecule has 3 heterocycles. The van der Waals surface area contributed by atoms with Gasteiger partial charge in [-0.25, -0.2) is 4.68 Å². The number of aromatic nitrogens is 4. The zero-order valence-electron chi connectivity index (χ0n) is 14.7. The van der Waals surface area contributed by atoms with Crippen molar-refractivity contribution in [2.45, 2.75) is 6.92 Å². The van der Waals surface area contributed by atoms with Crippen molar-refractivity contribution in [1.29, 1.82) is 0 Å². The van der Waals surface area contributed by atoms with Crippen LogP contribution in [0.3, 0.4) is 0 Å². The number of hydrogen-bond donors (Lipinski definition) is 1. The first-order valence-electron chi connectivity index (χ1n) is 8.26. The molecule has 0 aliphatic rings. The van der Waals surface area contributed by atoms with Gasteiger partial charge in [0.25, 0.3) is 5.91 Å². The second kappa shape index (κ2) is 7.91. The Kier molecular flexibility index (Phi) is 5.18.